The highest BCUT2D eigenvalue weighted by molar-refractivity contribution is 7.99. The highest BCUT2D eigenvalue weighted by atomic mass is 32.2. The van der Waals surface area contributed by atoms with E-state index in [1.54, 1.807) is 11.8 Å². The zero-order valence-electron chi connectivity index (χ0n) is 17.9. The van der Waals surface area contributed by atoms with Crippen molar-refractivity contribution in [3.05, 3.63) is 78.6 Å². The zero-order valence-corrected chi connectivity index (χ0v) is 19.7. The van der Waals surface area contributed by atoms with Gasteiger partial charge in [-0.15, -0.1) is 0 Å². The molecule has 0 atom stereocenters. The van der Waals surface area contributed by atoms with Crippen molar-refractivity contribution in [2.45, 2.75) is 49.4 Å². The lowest BCUT2D eigenvalue weighted by Crippen LogP contribution is -2.47. The Hall–Kier alpha value is -1.95. The molecule has 1 aromatic heterocycles. The molecule has 2 aromatic carbocycles. The third-order valence-electron chi connectivity index (χ3n) is 5.52. The van der Waals surface area contributed by atoms with Crippen molar-refractivity contribution in [2.24, 2.45) is 5.92 Å². The van der Waals surface area contributed by atoms with Gasteiger partial charge in [0.25, 0.3) is 9.04 Å². The minimum Gasteiger partial charge on any atom is -0.407 e. The highest BCUT2D eigenvalue weighted by Gasteiger charge is 2.32. The second-order valence-corrected chi connectivity index (χ2v) is 12.3. The molecule has 1 saturated carbocycles. The first-order valence-electron chi connectivity index (χ1n) is 10.6. The third kappa shape index (κ3) is 5.39. The smallest absolute Gasteiger partial charge is 0.282 e. The van der Waals surface area contributed by atoms with Crippen LogP contribution in [-0.4, -0.2) is 30.9 Å². The van der Waals surface area contributed by atoms with Gasteiger partial charge in [-0.1, -0.05) is 87.1 Å². The molecule has 155 valence electrons. The average molecular weight is 434 g/mol. The second kappa shape index (κ2) is 9.46. The van der Waals surface area contributed by atoms with Crippen molar-refractivity contribution in [1.29, 1.82) is 0 Å². The number of nitrogens with zero attached hydrogens (tertiary/aromatic N) is 2. The summed E-state index contributed by atoms with van der Waals surface area (Å²) in [7, 11) is -1.24. The molecular formula is C25H29N2OSSi. The molecule has 1 radical (unpaired) electrons. The van der Waals surface area contributed by atoms with Crippen molar-refractivity contribution in [3.8, 4) is 0 Å². The zero-order chi connectivity index (χ0) is 21.0. The molecule has 30 heavy (non-hydrogen) atoms. The topological polar surface area (TPSA) is 35.0 Å². The van der Waals surface area contributed by atoms with E-state index in [0.29, 0.717) is 11.2 Å². The molecule has 0 aliphatic heterocycles. The predicted octanol–water partition coefficient (Wildman–Crippen LogP) is 4.47. The van der Waals surface area contributed by atoms with Crippen molar-refractivity contribution in [1.82, 2.24) is 9.97 Å². The van der Waals surface area contributed by atoms with Crippen LogP contribution in [0.25, 0.3) is 0 Å². The monoisotopic (exact) mass is 433 g/mol. The Balaban J connectivity index is 1.38. The Morgan fingerprint density at radius 1 is 0.900 bits per heavy atom. The van der Waals surface area contributed by atoms with Gasteiger partial charge < -0.3 is 4.43 Å². The van der Waals surface area contributed by atoms with E-state index in [1.165, 1.54) is 28.8 Å². The predicted molar refractivity (Wildman–Crippen MR) is 127 cm³/mol. The number of rotatable bonds is 7. The summed E-state index contributed by atoms with van der Waals surface area (Å²) in [4.78, 5) is 8.66. The summed E-state index contributed by atoms with van der Waals surface area (Å²) in [6.45, 7) is 7.60. The average Bonchev–Trinajstić information content (AvgIpc) is 2.73. The van der Waals surface area contributed by atoms with Crippen LogP contribution >= 0.6 is 11.8 Å². The van der Waals surface area contributed by atoms with Gasteiger partial charge in [-0.3, -0.25) is 0 Å². The summed E-state index contributed by atoms with van der Waals surface area (Å²) in [6, 6.07) is 21.7. The summed E-state index contributed by atoms with van der Waals surface area (Å²) in [6.07, 6.45) is 5.98. The van der Waals surface area contributed by atoms with Crippen LogP contribution in [-0.2, 0) is 9.84 Å². The molecule has 1 fully saturated rings. The molecule has 3 nitrogen and oxygen atoms in total. The van der Waals surface area contributed by atoms with Crippen LogP contribution < -0.4 is 10.4 Å². The molecule has 1 heterocycles. The maximum Gasteiger partial charge on any atom is 0.282 e. The van der Waals surface area contributed by atoms with Gasteiger partial charge in [-0.05, 0) is 46.2 Å². The van der Waals surface area contributed by atoms with Gasteiger partial charge in [-0.2, -0.15) is 0 Å². The Morgan fingerprint density at radius 2 is 1.53 bits per heavy atom. The van der Waals surface area contributed by atoms with Crippen LogP contribution in [0.1, 0.15) is 39.2 Å². The molecule has 0 saturated heterocycles. The van der Waals surface area contributed by atoms with Gasteiger partial charge in [0.05, 0.1) is 0 Å². The lowest BCUT2D eigenvalue weighted by Gasteiger charge is -2.35. The van der Waals surface area contributed by atoms with Crippen LogP contribution in [0.2, 0.25) is 0 Å². The molecule has 3 aromatic rings. The van der Waals surface area contributed by atoms with Gasteiger partial charge in [0.15, 0.2) is 5.16 Å². The van der Waals surface area contributed by atoms with Gasteiger partial charge in [0.1, 0.15) is 0 Å². The molecule has 0 amide bonds. The van der Waals surface area contributed by atoms with E-state index in [2.05, 4.69) is 85.3 Å². The summed E-state index contributed by atoms with van der Waals surface area (Å²) in [5.41, 5.74) is 1.53. The fraction of sp³-hybridized carbons (Fsp3) is 0.360. The van der Waals surface area contributed by atoms with Gasteiger partial charge in [0, 0.05) is 24.3 Å². The molecule has 1 aliphatic carbocycles. The van der Waals surface area contributed by atoms with Crippen LogP contribution in [0.3, 0.4) is 0 Å². The quantitative estimate of drug-likeness (QED) is 0.407. The Bertz CT molecular complexity index is 923. The first-order chi connectivity index (χ1) is 14.5. The Morgan fingerprint density at radius 3 is 2.17 bits per heavy atom. The minimum absolute atomic E-state index is 0.167. The normalized spacial score (nSPS) is 18.9. The molecule has 0 spiro atoms. The third-order valence-corrected chi connectivity index (χ3v) is 8.83. The number of hydrogen-bond donors (Lipinski definition) is 0. The number of hydrogen-bond acceptors (Lipinski definition) is 4. The molecule has 1 aliphatic rings. The molecule has 0 N–H and O–H groups in total. The SMILES string of the molecule is CC(C)(C)c1ccc([Si](OCC2CC(Sc3ncccn3)C2)c2ccccc2)cc1. The van der Waals surface area contributed by atoms with Gasteiger partial charge in [-0.25, -0.2) is 9.97 Å². The van der Waals surface area contributed by atoms with Gasteiger partial charge >= 0.3 is 0 Å². The van der Waals surface area contributed by atoms with Crippen LogP contribution in [0, 0.1) is 5.92 Å². The van der Waals surface area contributed by atoms with Crippen molar-refractivity contribution in [3.63, 3.8) is 0 Å². The first-order valence-corrected chi connectivity index (χ1v) is 12.9. The summed E-state index contributed by atoms with van der Waals surface area (Å²) >= 11 is 1.80. The summed E-state index contributed by atoms with van der Waals surface area (Å²) in [5, 5.41) is 4.13. The summed E-state index contributed by atoms with van der Waals surface area (Å²) < 4.78 is 6.60. The minimum atomic E-state index is -1.24. The molecule has 0 bridgehead atoms. The maximum atomic E-state index is 6.60. The van der Waals surface area contributed by atoms with E-state index in [9.17, 15) is 0 Å². The van der Waals surface area contributed by atoms with Crippen LogP contribution in [0.4, 0.5) is 0 Å². The maximum absolute atomic E-state index is 6.60. The van der Waals surface area contributed by atoms with Gasteiger partial charge in [0.2, 0.25) is 0 Å². The van der Waals surface area contributed by atoms with Crippen LogP contribution in [0.15, 0.2) is 78.2 Å². The summed E-state index contributed by atoms with van der Waals surface area (Å²) in [5.74, 6) is 0.628. The number of thioether (sulfide) groups is 1. The van der Waals surface area contributed by atoms with Crippen molar-refractivity contribution in [2.75, 3.05) is 6.61 Å². The fourth-order valence-corrected chi connectivity index (χ4v) is 6.96. The molecule has 5 heteroatoms. The molecule has 0 unspecified atom stereocenters. The Labute approximate surface area is 186 Å². The fourth-order valence-electron chi connectivity index (χ4n) is 3.65. The van der Waals surface area contributed by atoms with E-state index in [0.717, 1.165) is 11.8 Å². The molecular weight excluding hydrogens is 404 g/mol. The number of aromatic nitrogens is 2. The van der Waals surface area contributed by atoms with E-state index in [1.807, 2.05) is 18.5 Å². The Kier molecular flexibility index (Phi) is 6.71. The van der Waals surface area contributed by atoms with E-state index in [4.69, 9.17) is 4.43 Å². The lowest BCUT2D eigenvalue weighted by molar-refractivity contribution is 0.191. The standard InChI is InChI=1S/C25H29N2OSSi/c1-25(2,3)20-10-12-23(13-11-20)30(22-8-5-4-6-9-22)28-18-19-16-21(17-19)29-24-26-14-7-15-27-24/h4-15,19,21H,16-18H2,1-3H3. The van der Waals surface area contributed by atoms with E-state index < -0.39 is 9.04 Å². The highest BCUT2D eigenvalue weighted by Crippen LogP contribution is 2.39. The first kappa shape index (κ1) is 21.3. The van der Waals surface area contributed by atoms with Crippen molar-refractivity contribution >= 4 is 31.2 Å². The second-order valence-electron chi connectivity index (χ2n) is 8.94. The molecule has 4 rings (SSSR count). The number of benzene rings is 2. The van der Waals surface area contributed by atoms with Crippen LogP contribution in [0.5, 0.6) is 0 Å². The largest absolute Gasteiger partial charge is 0.407 e. The van der Waals surface area contributed by atoms with E-state index in [-0.39, 0.29) is 5.41 Å². The van der Waals surface area contributed by atoms with E-state index >= 15 is 0 Å². The van der Waals surface area contributed by atoms with Crippen molar-refractivity contribution < 1.29 is 4.43 Å². The lowest BCUT2D eigenvalue weighted by atomic mass is 9.86.